The Kier molecular flexibility index (Phi) is 8.09. The first-order valence-corrected chi connectivity index (χ1v) is 11.9. The third-order valence-corrected chi connectivity index (χ3v) is 5.98. The number of alkyl carbamates (subject to hydrolysis) is 1. The number of aromatic nitrogens is 5. The van der Waals surface area contributed by atoms with Crippen LogP contribution in [0.1, 0.15) is 43.1 Å². The van der Waals surface area contributed by atoms with Crippen LogP contribution in [0.4, 0.5) is 4.79 Å². The monoisotopic (exact) mass is 494 g/mol. The number of aryl methyl sites for hydroxylation is 2. The molecule has 3 aromatic rings. The highest BCUT2D eigenvalue weighted by Crippen LogP contribution is 2.31. The molecular weight excluding hydrogens is 464 g/mol. The SMILES string of the molecule is CCOC(=O)C1CCC(Oc2ncc(-c3nnn(C)c3CNC(=O)OCc3ccccc3)nc2C)C1. The van der Waals surface area contributed by atoms with Crippen LogP contribution in [0.2, 0.25) is 0 Å². The van der Waals surface area contributed by atoms with E-state index in [-0.39, 0.29) is 31.1 Å². The summed E-state index contributed by atoms with van der Waals surface area (Å²) in [6, 6.07) is 9.45. The number of hydrogen-bond acceptors (Lipinski definition) is 9. The molecular formula is C25H30N6O5. The number of rotatable bonds is 9. The molecule has 36 heavy (non-hydrogen) atoms. The second-order valence-corrected chi connectivity index (χ2v) is 8.57. The van der Waals surface area contributed by atoms with Gasteiger partial charge in [0.25, 0.3) is 0 Å². The van der Waals surface area contributed by atoms with E-state index in [2.05, 4.69) is 25.6 Å². The summed E-state index contributed by atoms with van der Waals surface area (Å²) < 4.78 is 18.0. The molecule has 4 rings (SSSR count). The van der Waals surface area contributed by atoms with Gasteiger partial charge in [0.2, 0.25) is 5.88 Å². The first-order chi connectivity index (χ1) is 17.4. The Labute approximate surface area is 209 Å². The lowest BCUT2D eigenvalue weighted by atomic mass is 10.1. The minimum Gasteiger partial charge on any atom is -0.473 e. The van der Waals surface area contributed by atoms with Crippen LogP contribution in [0.15, 0.2) is 36.5 Å². The largest absolute Gasteiger partial charge is 0.473 e. The molecule has 1 fully saturated rings. The van der Waals surface area contributed by atoms with E-state index in [4.69, 9.17) is 14.2 Å². The number of amides is 1. The summed E-state index contributed by atoms with van der Waals surface area (Å²) in [5.74, 6) is 0.104. The maximum Gasteiger partial charge on any atom is 0.407 e. The molecule has 1 amide bonds. The summed E-state index contributed by atoms with van der Waals surface area (Å²) >= 11 is 0. The first-order valence-electron chi connectivity index (χ1n) is 11.9. The summed E-state index contributed by atoms with van der Waals surface area (Å²) in [7, 11) is 1.74. The van der Waals surface area contributed by atoms with Crippen LogP contribution < -0.4 is 10.1 Å². The van der Waals surface area contributed by atoms with Gasteiger partial charge in [-0.2, -0.15) is 0 Å². The number of nitrogens with one attached hydrogen (secondary N) is 1. The van der Waals surface area contributed by atoms with Gasteiger partial charge in [-0.05, 0) is 38.7 Å². The number of benzene rings is 1. The Morgan fingerprint density at radius 2 is 1.97 bits per heavy atom. The standard InChI is InChI=1S/C25H30N6O5/c1-4-34-24(32)18-10-11-19(12-18)36-23-16(2)28-20(13-26-23)22-21(31(3)30-29-22)14-27-25(33)35-15-17-8-6-5-7-9-17/h5-9,13,18-19H,4,10-12,14-15H2,1-3H3,(H,27,33). The van der Waals surface area contributed by atoms with E-state index in [1.165, 1.54) is 0 Å². The zero-order chi connectivity index (χ0) is 25.5. The van der Waals surface area contributed by atoms with Crippen molar-refractivity contribution in [2.45, 2.75) is 52.4 Å². The Hall–Kier alpha value is -4.02. The molecule has 2 unspecified atom stereocenters. The Morgan fingerprint density at radius 1 is 1.17 bits per heavy atom. The highest BCUT2D eigenvalue weighted by atomic mass is 16.5. The molecule has 0 spiro atoms. The number of hydrogen-bond donors (Lipinski definition) is 1. The van der Waals surface area contributed by atoms with Crippen LogP contribution in [0.25, 0.3) is 11.4 Å². The molecule has 190 valence electrons. The third-order valence-electron chi connectivity index (χ3n) is 5.98. The van der Waals surface area contributed by atoms with E-state index in [1.807, 2.05) is 30.3 Å². The molecule has 2 atom stereocenters. The zero-order valence-electron chi connectivity index (χ0n) is 20.6. The van der Waals surface area contributed by atoms with Gasteiger partial charge in [-0.25, -0.2) is 19.4 Å². The molecule has 11 nitrogen and oxygen atoms in total. The Bertz CT molecular complexity index is 1200. The molecule has 1 aliphatic carbocycles. The fraction of sp³-hybridized carbons (Fsp3) is 0.440. The Balaban J connectivity index is 1.36. The second kappa shape index (κ2) is 11.6. The average Bonchev–Trinajstić information content (AvgIpc) is 3.50. The van der Waals surface area contributed by atoms with Gasteiger partial charge < -0.3 is 19.5 Å². The first kappa shape index (κ1) is 25.1. The fourth-order valence-corrected chi connectivity index (χ4v) is 4.08. The molecule has 0 radical (unpaired) electrons. The van der Waals surface area contributed by atoms with Gasteiger partial charge in [0, 0.05) is 7.05 Å². The number of esters is 1. The molecule has 0 saturated heterocycles. The van der Waals surface area contributed by atoms with Crippen molar-refractivity contribution in [3.63, 3.8) is 0 Å². The van der Waals surface area contributed by atoms with E-state index in [9.17, 15) is 9.59 Å². The van der Waals surface area contributed by atoms with Crippen LogP contribution in [-0.4, -0.2) is 49.7 Å². The molecule has 0 bridgehead atoms. The summed E-state index contributed by atoms with van der Waals surface area (Å²) in [6.07, 6.45) is 3.00. The number of carbonyl (C=O) groups is 2. The van der Waals surface area contributed by atoms with Crippen molar-refractivity contribution in [3.05, 3.63) is 53.5 Å². The van der Waals surface area contributed by atoms with E-state index in [0.29, 0.717) is 41.7 Å². The quantitative estimate of drug-likeness (QED) is 0.446. The molecule has 1 N–H and O–H groups in total. The molecule has 2 aromatic heterocycles. The minimum atomic E-state index is -0.547. The van der Waals surface area contributed by atoms with Crippen molar-refractivity contribution < 1.29 is 23.8 Å². The molecule has 1 saturated carbocycles. The van der Waals surface area contributed by atoms with Gasteiger partial charge in [0.15, 0.2) is 0 Å². The van der Waals surface area contributed by atoms with Gasteiger partial charge in [-0.15, -0.1) is 5.10 Å². The van der Waals surface area contributed by atoms with Crippen molar-refractivity contribution in [3.8, 4) is 17.3 Å². The maximum absolute atomic E-state index is 12.2. The van der Waals surface area contributed by atoms with Crippen molar-refractivity contribution in [1.82, 2.24) is 30.3 Å². The van der Waals surface area contributed by atoms with E-state index in [0.717, 1.165) is 18.4 Å². The van der Waals surface area contributed by atoms with Crippen molar-refractivity contribution in [1.29, 1.82) is 0 Å². The lowest BCUT2D eigenvalue weighted by molar-refractivity contribution is -0.147. The molecule has 11 heteroatoms. The topological polar surface area (TPSA) is 130 Å². The van der Waals surface area contributed by atoms with E-state index < -0.39 is 6.09 Å². The summed E-state index contributed by atoms with van der Waals surface area (Å²) in [5.41, 5.74) is 3.17. The maximum atomic E-state index is 12.2. The van der Waals surface area contributed by atoms with Gasteiger partial charge in [-0.3, -0.25) is 4.79 Å². The zero-order valence-corrected chi connectivity index (χ0v) is 20.6. The van der Waals surface area contributed by atoms with E-state index in [1.54, 1.807) is 31.8 Å². The molecule has 1 aliphatic rings. The highest BCUT2D eigenvalue weighted by Gasteiger charge is 2.32. The lowest BCUT2D eigenvalue weighted by Gasteiger charge is -2.15. The van der Waals surface area contributed by atoms with Gasteiger partial charge >= 0.3 is 12.1 Å². The third kappa shape index (κ3) is 6.15. The van der Waals surface area contributed by atoms with Crippen molar-refractivity contribution in [2.24, 2.45) is 13.0 Å². The second-order valence-electron chi connectivity index (χ2n) is 8.57. The normalized spacial score (nSPS) is 17.0. The van der Waals surface area contributed by atoms with Crippen molar-refractivity contribution >= 4 is 12.1 Å². The molecule has 1 aromatic carbocycles. The van der Waals surface area contributed by atoms with Crippen LogP contribution >= 0.6 is 0 Å². The van der Waals surface area contributed by atoms with Crippen LogP contribution in [-0.2, 0) is 34.5 Å². The van der Waals surface area contributed by atoms with Gasteiger partial charge in [0.1, 0.15) is 29.8 Å². The Morgan fingerprint density at radius 3 is 2.72 bits per heavy atom. The van der Waals surface area contributed by atoms with Crippen LogP contribution in [0.3, 0.4) is 0 Å². The van der Waals surface area contributed by atoms with Gasteiger partial charge in [0.05, 0.1) is 31.0 Å². The van der Waals surface area contributed by atoms with Gasteiger partial charge in [-0.1, -0.05) is 35.5 Å². The highest BCUT2D eigenvalue weighted by molar-refractivity contribution is 5.72. The average molecular weight is 495 g/mol. The summed E-state index contributed by atoms with van der Waals surface area (Å²) in [4.78, 5) is 33.2. The smallest absolute Gasteiger partial charge is 0.407 e. The number of carbonyl (C=O) groups excluding carboxylic acids is 2. The molecule has 2 heterocycles. The molecule has 0 aliphatic heterocycles. The minimum absolute atomic E-state index is 0.114. The summed E-state index contributed by atoms with van der Waals surface area (Å²) in [6.45, 7) is 4.32. The van der Waals surface area contributed by atoms with Crippen LogP contribution in [0.5, 0.6) is 5.88 Å². The fourth-order valence-electron chi connectivity index (χ4n) is 4.08. The van der Waals surface area contributed by atoms with Crippen LogP contribution in [0, 0.1) is 12.8 Å². The number of nitrogens with zero attached hydrogens (tertiary/aromatic N) is 5. The number of ether oxygens (including phenoxy) is 3. The predicted molar refractivity (Wildman–Crippen MR) is 129 cm³/mol. The van der Waals surface area contributed by atoms with E-state index >= 15 is 0 Å². The summed E-state index contributed by atoms with van der Waals surface area (Å²) in [5, 5.41) is 11.0. The predicted octanol–water partition coefficient (Wildman–Crippen LogP) is 3.12. The lowest BCUT2D eigenvalue weighted by Crippen LogP contribution is -2.25. The van der Waals surface area contributed by atoms with Crippen molar-refractivity contribution in [2.75, 3.05) is 6.61 Å².